The SMILES string of the molecule is CCc1cc(C(=O)NCCCCC(F)(F)F)cc(NN)n1. The number of anilines is 1. The fourth-order valence-electron chi connectivity index (χ4n) is 1.73. The first-order valence-electron chi connectivity index (χ1n) is 6.68. The number of nitrogens with zero attached hydrogens (tertiary/aromatic N) is 1. The van der Waals surface area contributed by atoms with Crippen molar-refractivity contribution in [3.05, 3.63) is 23.4 Å². The van der Waals surface area contributed by atoms with Gasteiger partial charge in [-0.25, -0.2) is 10.8 Å². The van der Waals surface area contributed by atoms with Crippen molar-refractivity contribution in [2.24, 2.45) is 5.84 Å². The Morgan fingerprint density at radius 1 is 1.33 bits per heavy atom. The highest BCUT2D eigenvalue weighted by atomic mass is 19.4. The molecule has 0 aliphatic rings. The number of hydrogen-bond acceptors (Lipinski definition) is 4. The molecule has 5 nitrogen and oxygen atoms in total. The standard InChI is InChI=1S/C13H19F3N4O/c1-2-10-7-9(8-11(19-10)20-17)12(21)18-6-4-3-5-13(14,15)16/h7-8H,2-6,17H2,1H3,(H,18,21)(H,19,20). The maximum atomic E-state index is 12.0. The van der Waals surface area contributed by atoms with Crippen molar-refractivity contribution < 1.29 is 18.0 Å². The Balaban J connectivity index is 2.48. The van der Waals surface area contributed by atoms with E-state index in [0.717, 1.165) is 0 Å². The summed E-state index contributed by atoms with van der Waals surface area (Å²) in [5, 5.41) is 2.59. The van der Waals surface area contributed by atoms with Gasteiger partial charge in [0.15, 0.2) is 0 Å². The zero-order chi connectivity index (χ0) is 15.9. The van der Waals surface area contributed by atoms with E-state index < -0.39 is 12.6 Å². The number of amides is 1. The van der Waals surface area contributed by atoms with Crippen LogP contribution in [0.1, 0.15) is 42.2 Å². The lowest BCUT2D eigenvalue weighted by Gasteiger charge is -2.09. The molecule has 118 valence electrons. The Hall–Kier alpha value is -1.83. The average Bonchev–Trinajstić information content (AvgIpc) is 2.44. The molecular formula is C13H19F3N4O. The number of alkyl halides is 3. The normalized spacial score (nSPS) is 11.3. The van der Waals surface area contributed by atoms with E-state index in [1.807, 2.05) is 6.92 Å². The van der Waals surface area contributed by atoms with Gasteiger partial charge in [-0.15, -0.1) is 0 Å². The highest BCUT2D eigenvalue weighted by molar-refractivity contribution is 5.94. The van der Waals surface area contributed by atoms with Gasteiger partial charge in [0.25, 0.3) is 5.91 Å². The predicted molar refractivity (Wildman–Crippen MR) is 73.7 cm³/mol. The summed E-state index contributed by atoms with van der Waals surface area (Å²) < 4.78 is 35.9. The molecule has 1 rings (SSSR count). The summed E-state index contributed by atoms with van der Waals surface area (Å²) in [6, 6.07) is 3.12. The number of aryl methyl sites for hydroxylation is 1. The summed E-state index contributed by atoms with van der Waals surface area (Å²) in [5.74, 6) is 5.29. The summed E-state index contributed by atoms with van der Waals surface area (Å²) in [6.07, 6.45) is -4.07. The average molecular weight is 304 g/mol. The van der Waals surface area contributed by atoms with Crippen molar-refractivity contribution in [1.29, 1.82) is 0 Å². The lowest BCUT2D eigenvalue weighted by atomic mass is 10.1. The number of nitrogens with one attached hydrogen (secondary N) is 2. The van der Waals surface area contributed by atoms with Crippen LogP contribution >= 0.6 is 0 Å². The van der Waals surface area contributed by atoms with Gasteiger partial charge in [-0.05, 0) is 31.4 Å². The molecule has 0 aromatic carbocycles. The van der Waals surface area contributed by atoms with Crippen LogP contribution in [0.2, 0.25) is 0 Å². The molecule has 1 aromatic heterocycles. The van der Waals surface area contributed by atoms with Crippen molar-refractivity contribution in [2.75, 3.05) is 12.0 Å². The van der Waals surface area contributed by atoms with Crippen LogP contribution in [-0.4, -0.2) is 23.6 Å². The molecule has 4 N–H and O–H groups in total. The third-order valence-electron chi connectivity index (χ3n) is 2.82. The number of carbonyl (C=O) groups excluding carboxylic acids is 1. The van der Waals surface area contributed by atoms with E-state index >= 15 is 0 Å². The quantitative estimate of drug-likeness (QED) is 0.410. The van der Waals surface area contributed by atoms with Gasteiger partial charge >= 0.3 is 6.18 Å². The highest BCUT2D eigenvalue weighted by Crippen LogP contribution is 2.21. The van der Waals surface area contributed by atoms with Crippen LogP contribution in [0.15, 0.2) is 12.1 Å². The summed E-state index contributed by atoms with van der Waals surface area (Å²) >= 11 is 0. The molecule has 0 saturated carbocycles. The lowest BCUT2D eigenvalue weighted by Crippen LogP contribution is -2.25. The molecule has 1 amide bonds. The first kappa shape index (κ1) is 17.2. The van der Waals surface area contributed by atoms with Crippen LogP contribution < -0.4 is 16.6 Å². The molecule has 0 radical (unpaired) electrons. The lowest BCUT2D eigenvalue weighted by molar-refractivity contribution is -0.135. The van der Waals surface area contributed by atoms with Crippen LogP contribution in [0.3, 0.4) is 0 Å². The minimum Gasteiger partial charge on any atom is -0.352 e. The third-order valence-corrected chi connectivity index (χ3v) is 2.82. The van der Waals surface area contributed by atoms with Gasteiger partial charge in [-0.2, -0.15) is 13.2 Å². The number of nitrogen functional groups attached to an aromatic ring is 1. The number of hydrogen-bond donors (Lipinski definition) is 3. The molecule has 0 saturated heterocycles. The number of aromatic nitrogens is 1. The van der Waals surface area contributed by atoms with Crippen LogP contribution in [0, 0.1) is 0 Å². The number of hydrazine groups is 1. The Labute approximate surface area is 121 Å². The number of pyridine rings is 1. The zero-order valence-electron chi connectivity index (χ0n) is 11.8. The molecule has 8 heteroatoms. The molecule has 0 bridgehead atoms. The number of nitrogens with two attached hydrogens (primary N) is 1. The van der Waals surface area contributed by atoms with E-state index in [1.165, 1.54) is 6.07 Å². The van der Waals surface area contributed by atoms with E-state index in [0.29, 0.717) is 23.5 Å². The number of unbranched alkanes of at least 4 members (excludes halogenated alkanes) is 1. The van der Waals surface area contributed by atoms with Crippen molar-refractivity contribution in [2.45, 2.75) is 38.8 Å². The number of rotatable bonds is 7. The predicted octanol–water partition coefficient (Wildman–Crippen LogP) is 2.39. The summed E-state index contributed by atoms with van der Waals surface area (Å²) in [7, 11) is 0. The van der Waals surface area contributed by atoms with Crippen molar-refractivity contribution in [1.82, 2.24) is 10.3 Å². The Bertz CT molecular complexity index is 455. The topological polar surface area (TPSA) is 80.0 Å². The molecule has 21 heavy (non-hydrogen) atoms. The van der Waals surface area contributed by atoms with Gasteiger partial charge in [0.2, 0.25) is 0 Å². The van der Waals surface area contributed by atoms with E-state index in [9.17, 15) is 18.0 Å². The second kappa shape index (κ2) is 7.82. The number of carbonyl (C=O) groups is 1. The van der Waals surface area contributed by atoms with Gasteiger partial charge < -0.3 is 10.7 Å². The third kappa shape index (κ3) is 6.44. The van der Waals surface area contributed by atoms with Crippen molar-refractivity contribution in [3.8, 4) is 0 Å². The second-order valence-corrected chi connectivity index (χ2v) is 4.56. The van der Waals surface area contributed by atoms with Crippen LogP contribution in [0.4, 0.5) is 19.0 Å². The summed E-state index contributed by atoms with van der Waals surface area (Å²) in [4.78, 5) is 16.1. The van der Waals surface area contributed by atoms with E-state index in [4.69, 9.17) is 5.84 Å². The minimum absolute atomic E-state index is 0.00403. The van der Waals surface area contributed by atoms with Gasteiger partial charge in [0.05, 0.1) is 0 Å². The van der Waals surface area contributed by atoms with Gasteiger partial charge in [-0.1, -0.05) is 6.92 Å². The van der Waals surface area contributed by atoms with E-state index in [2.05, 4.69) is 15.7 Å². The molecule has 0 fully saturated rings. The summed E-state index contributed by atoms with van der Waals surface area (Å²) in [5.41, 5.74) is 3.46. The summed E-state index contributed by atoms with van der Waals surface area (Å²) in [6.45, 7) is 2.09. The van der Waals surface area contributed by atoms with E-state index in [-0.39, 0.29) is 25.3 Å². The minimum atomic E-state index is -4.15. The maximum absolute atomic E-state index is 12.0. The monoisotopic (exact) mass is 304 g/mol. The maximum Gasteiger partial charge on any atom is 0.389 e. The smallest absolute Gasteiger partial charge is 0.352 e. The van der Waals surface area contributed by atoms with Gasteiger partial charge in [-0.3, -0.25) is 4.79 Å². The fourth-order valence-corrected chi connectivity index (χ4v) is 1.73. The first-order chi connectivity index (χ1) is 9.85. The van der Waals surface area contributed by atoms with Crippen LogP contribution in [-0.2, 0) is 6.42 Å². The van der Waals surface area contributed by atoms with Gasteiger partial charge in [0.1, 0.15) is 5.82 Å². The van der Waals surface area contributed by atoms with Crippen LogP contribution in [0.25, 0.3) is 0 Å². The Morgan fingerprint density at radius 3 is 2.62 bits per heavy atom. The molecule has 1 heterocycles. The first-order valence-corrected chi connectivity index (χ1v) is 6.68. The number of halogens is 3. The van der Waals surface area contributed by atoms with Crippen molar-refractivity contribution >= 4 is 11.7 Å². The molecule has 0 aliphatic heterocycles. The fraction of sp³-hybridized carbons (Fsp3) is 0.538. The highest BCUT2D eigenvalue weighted by Gasteiger charge is 2.25. The second-order valence-electron chi connectivity index (χ2n) is 4.56. The van der Waals surface area contributed by atoms with E-state index in [1.54, 1.807) is 6.07 Å². The zero-order valence-corrected chi connectivity index (χ0v) is 11.8. The van der Waals surface area contributed by atoms with Crippen molar-refractivity contribution in [3.63, 3.8) is 0 Å². The molecule has 0 atom stereocenters. The molecule has 0 spiro atoms. The molecule has 0 aliphatic carbocycles. The largest absolute Gasteiger partial charge is 0.389 e. The van der Waals surface area contributed by atoms with Crippen LogP contribution in [0.5, 0.6) is 0 Å². The van der Waals surface area contributed by atoms with Gasteiger partial charge in [0, 0.05) is 24.2 Å². The Morgan fingerprint density at radius 2 is 2.05 bits per heavy atom. The Kier molecular flexibility index (Phi) is 6.41. The molecule has 0 unspecified atom stereocenters. The molecule has 1 aromatic rings. The molecular weight excluding hydrogens is 285 g/mol.